The fourth-order valence-electron chi connectivity index (χ4n) is 4.61. The van der Waals surface area contributed by atoms with Crippen LogP contribution in [-0.2, 0) is 9.53 Å². The highest BCUT2D eigenvalue weighted by atomic mass is 35.5. The molecule has 3 amide bonds. The molecule has 0 saturated carbocycles. The molecule has 4 rings (SSSR count). The molecule has 2 heterocycles. The Morgan fingerprint density at radius 3 is 2.37 bits per heavy atom. The molecular weight excluding hydrogens is 473 g/mol. The standard InChI is InChI=1S/C26H29ClFN3O4/c1-17(2)15-29-23(32)22-16-35-26(31(22)25(34)19-6-4-8-21(28)14-19)9-11-30(12-10-26)24(33)18-5-3-7-20(27)13-18/h3-8,13-14,17,22H,9-12,15-16H2,1-2H3,(H,29,32)/t22-/m1/s1. The van der Waals surface area contributed by atoms with Gasteiger partial charge in [-0.1, -0.05) is 37.6 Å². The summed E-state index contributed by atoms with van der Waals surface area (Å²) in [5.74, 6) is -1.23. The summed E-state index contributed by atoms with van der Waals surface area (Å²) in [7, 11) is 0. The average Bonchev–Trinajstić information content (AvgIpc) is 3.20. The number of carbonyl (C=O) groups is 3. The number of hydrogen-bond acceptors (Lipinski definition) is 4. The summed E-state index contributed by atoms with van der Waals surface area (Å²) < 4.78 is 20.1. The number of hydrogen-bond donors (Lipinski definition) is 1. The third-order valence-electron chi connectivity index (χ3n) is 6.44. The third kappa shape index (κ3) is 5.33. The number of nitrogens with one attached hydrogen (secondary N) is 1. The Bertz CT molecular complexity index is 1120. The van der Waals surface area contributed by atoms with Gasteiger partial charge < -0.3 is 15.0 Å². The highest BCUT2D eigenvalue weighted by molar-refractivity contribution is 6.30. The van der Waals surface area contributed by atoms with Crippen LogP contribution in [0.5, 0.6) is 0 Å². The number of rotatable bonds is 5. The monoisotopic (exact) mass is 501 g/mol. The number of amides is 3. The Labute approximate surface area is 209 Å². The van der Waals surface area contributed by atoms with Gasteiger partial charge in [0.1, 0.15) is 17.6 Å². The van der Waals surface area contributed by atoms with Crippen LogP contribution in [0.1, 0.15) is 47.4 Å². The normalized spacial score (nSPS) is 19.3. The molecule has 0 radical (unpaired) electrons. The smallest absolute Gasteiger partial charge is 0.256 e. The predicted octanol–water partition coefficient (Wildman–Crippen LogP) is 3.72. The van der Waals surface area contributed by atoms with Gasteiger partial charge in [0.15, 0.2) is 0 Å². The summed E-state index contributed by atoms with van der Waals surface area (Å²) in [5, 5.41) is 3.36. The highest BCUT2D eigenvalue weighted by Crippen LogP contribution is 2.39. The van der Waals surface area contributed by atoms with Gasteiger partial charge in [-0.2, -0.15) is 0 Å². The van der Waals surface area contributed by atoms with E-state index in [1.165, 1.54) is 23.1 Å². The van der Waals surface area contributed by atoms with Crippen molar-refractivity contribution in [1.29, 1.82) is 0 Å². The van der Waals surface area contributed by atoms with Gasteiger partial charge in [-0.05, 0) is 42.3 Å². The number of piperidine rings is 1. The Hall–Kier alpha value is -2.97. The molecule has 186 valence electrons. The molecule has 2 fully saturated rings. The van der Waals surface area contributed by atoms with Crippen molar-refractivity contribution in [2.24, 2.45) is 5.92 Å². The summed E-state index contributed by atoms with van der Waals surface area (Å²) in [6.07, 6.45) is 0.655. The number of halogens is 2. The lowest BCUT2D eigenvalue weighted by Crippen LogP contribution is -2.60. The van der Waals surface area contributed by atoms with E-state index >= 15 is 0 Å². The molecule has 7 nitrogen and oxygen atoms in total. The van der Waals surface area contributed by atoms with Crippen LogP contribution in [0.15, 0.2) is 48.5 Å². The Kier molecular flexibility index (Phi) is 7.42. The van der Waals surface area contributed by atoms with E-state index in [-0.39, 0.29) is 29.9 Å². The Morgan fingerprint density at radius 2 is 1.74 bits per heavy atom. The second kappa shape index (κ2) is 10.3. The molecule has 35 heavy (non-hydrogen) atoms. The predicted molar refractivity (Wildman–Crippen MR) is 129 cm³/mol. The van der Waals surface area contributed by atoms with Crippen LogP contribution in [0, 0.1) is 11.7 Å². The minimum absolute atomic E-state index is 0.0349. The van der Waals surface area contributed by atoms with Crippen molar-refractivity contribution >= 4 is 29.3 Å². The van der Waals surface area contributed by atoms with E-state index in [4.69, 9.17) is 16.3 Å². The molecule has 1 atom stereocenters. The molecule has 1 spiro atoms. The van der Waals surface area contributed by atoms with Crippen molar-refractivity contribution in [2.45, 2.75) is 38.5 Å². The number of carbonyl (C=O) groups excluding carboxylic acids is 3. The van der Waals surface area contributed by atoms with E-state index in [0.717, 1.165) is 6.07 Å². The minimum atomic E-state index is -1.06. The molecule has 9 heteroatoms. The van der Waals surface area contributed by atoms with E-state index in [0.29, 0.717) is 43.1 Å². The SMILES string of the molecule is CC(C)CNC(=O)[C@H]1COC2(CCN(C(=O)c3cccc(Cl)c3)CC2)N1C(=O)c1cccc(F)c1. The lowest BCUT2D eigenvalue weighted by atomic mass is 9.96. The minimum Gasteiger partial charge on any atom is -0.354 e. The van der Waals surface area contributed by atoms with Gasteiger partial charge in [-0.25, -0.2) is 4.39 Å². The molecule has 0 unspecified atom stereocenters. The molecule has 2 aliphatic heterocycles. The van der Waals surface area contributed by atoms with Crippen LogP contribution < -0.4 is 5.32 Å². The number of likely N-dealkylation sites (tertiary alicyclic amines) is 1. The first-order chi connectivity index (χ1) is 16.7. The maximum absolute atomic E-state index is 13.9. The van der Waals surface area contributed by atoms with E-state index in [2.05, 4.69) is 5.32 Å². The van der Waals surface area contributed by atoms with Crippen molar-refractivity contribution in [1.82, 2.24) is 15.1 Å². The lowest BCUT2D eigenvalue weighted by molar-refractivity contribution is -0.128. The van der Waals surface area contributed by atoms with Crippen molar-refractivity contribution in [3.63, 3.8) is 0 Å². The quantitative estimate of drug-likeness (QED) is 0.677. The maximum Gasteiger partial charge on any atom is 0.256 e. The van der Waals surface area contributed by atoms with Crippen molar-refractivity contribution < 1.29 is 23.5 Å². The van der Waals surface area contributed by atoms with Gasteiger partial charge in [0.05, 0.1) is 6.61 Å². The van der Waals surface area contributed by atoms with Gasteiger partial charge in [0.2, 0.25) is 5.91 Å². The second-order valence-electron chi connectivity index (χ2n) is 9.40. The topological polar surface area (TPSA) is 79.0 Å². The number of benzene rings is 2. The van der Waals surface area contributed by atoms with Crippen molar-refractivity contribution in [3.8, 4) is 0 Å². The zero-order valence-corrected chi connectivity index (χ0v) is 20.6. The average molecular weight is 502 g/mol. The first-order valence-electron chi connectivity index (χ1n) is 11.8. The van der Waals surface area contributed by atoms with Crippen LogP contribution >= 0.6 is 11.6 Å². The molecular formula is C26H29ClFN3O4. The van der Waals surface area contributed by atoms with Gasteiger partial charge in [-0.15, -0.1) is 0 Å². The van der Waals surface area contributed by atoms with E-state index < -0.39 is 23.5 Å². The summed E-state index contributed by atoms with van der Waals surface area (Å²) >= 11 is 6.04. The molecule has 2 aromatic rings. The van der Waals surface area contributed by atoms with Gasteiger partial charge >= 0.3 is 0 Å². The zero-order chi connectivity index (χ0) is 25.2. The fourth-order valence-corrected chi connectivity index (χ4v) is 4.80. The number of ether oxygens (including phenoxy) is 1. The summed E-state index contributed by atoms with van der Waals surface area (Å²) in [6, 6.07) is 11.3. The fraction of sp³-hybridized carbons (Fsp3) is 0.423. The largest absolute Gasteiger partial charge is 0.354 e. The molecule has 0 aromatic heterocycles. The molecule has 2 aliphatic rings. The van der Waals surface area contributed by atoms with Gasteiger partial charge in [0, 0.05) is 48.6 Å². The molecule has 0 aliphatic carbocycles. The van der Waals surface area contributed by atoms with E-state index in [1.807, 2.05) is 13.8 Å². The van der Waals surface area contributed by atoms with Gasteiger partial charge in [-0.3, -0.25) is 19.3 Å². The van der Waals surface area contributed by atoms with Crippen LogP contribution in [0.2, 0.25) is 5.02 Å². The van der Waals surface area contributed by atoms with Gasteiger partial charge in [0.25, 0.3) is 11.8 Å². The van der Waals surface area contributed by atoms with Crippen LogP contribution in [0.25, 0.3) is 0 Å². The Morgan fingerprint density at radius 1 is 1.09 bits per heavy atom. The molecule has 0 bridgehead atoms. The number of nitrogens with zero attached hydrogens (tertiary/aromatic N) is 2. The maximum atomic E-state index is 13.9. The summed E-state index contributed by atoms with van der Waals surface area (Å²) in [4.78, 5) is 42.8. The van der Waals surface area contributed by atoms with E-state index in [1.54, 1.807) is 29.2 Å². The molecule has 2 saturated heterocycles. The summed E-state index contributed by atoms with van der Waals surface area (Å²) in [5.41, 5.74) is -0.428. The first kappa shape index (κ1) is 25.1. The molecule has 2 aromatic carbocycles. The first-order valence-corrected chi connectivity index (χ1v) is 12.1. The lowest BCUT2D eigenvalue weighted by Gasteiger charge is -2.44. The van der Waals surface area contributed by atoms with Crippen LogP contribution in [0.3, 0.4) is 0 Å². The van der Waals surface area contributed by atoms with Crippen LogP contribution in [0.4, 0.5) is 4.39 Å². The van der Waals surface area contributed by atoms with E-state index in [9.17, 15) is 18.8 Å². The second-order valence-corrected chi connectivity index (χ2v) is 9.84. The summed E-state index contributed by atoms with van der Waals surface area (Å²) in [6.45, 7) is 5.13. The molecule has 1 N–H and O–H groups in total. The van der Waals surface area contributed by atoms with Crippen LogP contribution in [-0.4, -0.2) is 65.5 Å². The Balaban J connectivity index is 1.57. The third-order valence-corrected chi connectivity index (χ3v) is 6.68. The zero-order valence-electron chi connectivity index (χ0n) is 19.8. The van der Waals surface area contributed by atoms with Crippen molar-refractivity contribution in [2.75, 3.05) is 26.2 Å². The van der Waals surface area contributed by atoms with Crippen molar-refractivity contribution in [3.05, 3.63) is 70.5 Å². The highest BCUT2D eigenvalue weighted by Gasteiger charge is 2.54.